The molecule has 0 aliphatic carbocycles. The van der Waals surface area contributed by atoms with Gasteiger partial charge in [-0.25, -0.2) is 9.59 Å². The third-order valence-electron chi connectivity index (χ3n) is 1.16. The molecule has 0 radical (unpaired) electrons. The molecule has 62 valence electrons. The van der Waals surface area contributed by atoms with E-state index in [1.807, 2.05) is 0 Å². The second-order valence-corrected chi connectivity index (χ2v) is 4.58. The monoisotopic (exact) mass is 194 g/mol. The Morgan fingerprint density at radius 3 is 1.64 bits per heavy atom. The summed E-state index contributed by atoms with van der Waals surface area (Å²) in [6.07, 6.45) is 0. The molecule has 0 saturated carbocycles. The van der Waals surface area contributed by atoms with Crippen molar-refractivity contribution >= 4 is 33.5 Å². The van der Waals surface area contributed by atoms with E-state index in [0.29, 0.717) is 0 Å². The predicted molar refractivity (Wildman–Crippen MR) is 41.9 cm³/mol. The van der Waals surface area contributed by atoms with Gasteiger partial charge in [-0.2, -0.15) is 0 Å². The van der Waals surface area contributed by atoms with Crippen molar-refractivity contribution in [3.8, 4) is 0 Å². The Balaban J connectivity index is 2.67. The Labute approximate surface area is 71.4 Å². The van der Waals surface area contributed by atoms with Gasteiger partial charge in [-0.05, 0) is 21.6 Å². The maximum absolute atomic E-state index is 10.9. The summed E-state index contributed by atoms with van der Waals surface area (Å²) in [5.41, 5.74) is 0. The summed E-state index contributed by atoms with van der Waals surface area (Å²) in [5.74, 6) is -1.11. The minimum atomic E-state index is -1.12. The largest absolute Gasteiger partial charge is 0.467 e. The first-order valence-corrected chi connectivity index (χ1v) is 4.86. The summed E-state index contributed by atoms with van der Waals surface area (Å²) >= 11 is 0. The number of hydrogen-bond donors (Lipinski definition) is 0. The summed E-state index contributed by atoms with van der Waals surface area (Å²) in [5, 5.41) is 0. The molecule has 0 aromatic heterocycles. The number of hydrogen-bond acceptors (Lipinski definition) is 6. The van der Waals surface area contributed by atoms with Crippen molar-refractivity contribution in [1.29, 1.82) is 0 Å². The second kappa shape index (κ2) is 2.94. The van der Waals surface area contributed by atoms with Gasteiger partial charge in [0, 0.05) is 0 Å². The Morgan fingerprint density at radius 2 is 1.45 bits per heavy atom. The van der Waals surface area contributed by atoms with Gasteiger partial charge in [-0.1, -0.05) is 0 Å². The molecule has 0 bridgehead atoms. The molecule has 0 aromatic carbocycles. The quantitative estimate of drug-likeness (QED) is 0.275. The smallest absolute Gasteiger partial charge is 0.345 e. The van der Waals surface area contributed by atoms with Crippen LogP contribution in [0.25, 0.3) is 0 Å². The fourth-order valence-electron chi connectivity index (χ4n) is 0.530. The van der Waals surface area contributed by atoms with Crippen LogP contribution in [0.4, 0.5) is 0 Å². The average Bonchev–Trinajstić information content (AvgIpc) is 2.82. The second-order valence-electron chi connectivity index (χ2n) is 1.77. The van der Waals surface area contributed by atoms with Gasteiger partial charge < -0.3 is 9.47 Å². The van der Waals surface area contributed by atoms with Gasteiger partial charge in [0.1, 0.15) is 0 Å². The lowest BCUT2D eigenvalue weighted by atomic mass is 10.4. The fourth-order valence-corrected chi connectivity index (χ4v) is 2.29. The summed E-state index contributed by atoms with van der Waals surface area (Å²) in [6, 6.07) is 0. The summed E-state index contributed by atoms with van der Waals surface area (Å²) < 4.78 is 7.72. The van der Waals surface area contributed by atoms with E-state index >= 15 is 0 Å². The molecule has 0 aromatic rings. The molecule has 4 nitrogen and oxygen atoms in total. The molecular weight excluding hydrogens is 188 g/mol. The molecule has 0 spiro atoms. The molecule has 1 rings (SSSR count). The Kier molecular flexibility index (Phi) is 2.34. The first kappa shape index (κ1) is 8.73. The molecule has 6 heteroatoms. The van der Waals surface area contributed by atoms with Crippen LogP contribution >= 0.6 is 21.6 Å². The summed E-state index contributed by atoms with van der Waals surface area (Å²) in [6.45, 7) is 0. The van der Waals surface area contributed by atoms with E-state index in [-0.39, 0.29) is 0 Å². The number of carbonyl (C=O) groups is 2. The van der Waals surface area contributed by atoms with Crippen molar-refractivity contribution in [3.63, 3.8) is 0 Å². The van der Waals surface area contributed by atoms with Gasteiger partial charge in [0.05, 0.1) is 14.2 Å². The number of rotatable bonds is 2. The molecule has 0 unspecified atom stereocenters. The van der Waals surface area contributed by atoms with E-state index in [4.69, 9.17) is 0 Å². The van der Waals surface area contributed by atoms with Crippen LogP contribution in [-0.2, 0) is 19.1 Å². The Morgan fingerprint density at radius 1 is 1.09 bits per heavy atom. The summed E-state index contributed by atoms with van der Waals surface area (Å²) in [7, 11) is 4.78. The first-order valence-electron chi connectivity index (χ1n) is 2.71. The highest BCUT2D eigenvalue weighted by Gasteiger charge is 2.63. The molecule has 1 fully saturated rings. The normalized spacial score (nSPS) is 18.7. The lowest BCUT2D eigenvalue weighted by molar-refractivity contribution is -0.151. The molecule has 1 heterocycles. The average molecular weight is 194 g/mol. The topological polar surface area (TPSA) is 52.6 Å². The zero-order valence-electron chi connectivity index (χ0n) is 5.95. The minimum Gasteiger partial charge on any atom is -0.467 e. The van der Waals surface area contributed by atoms with Crippen molar-refractivity contribution in [2.75, 3.05) is 14.2 Å². The van der Waals surface area contributed by atoms with Gasteiger partial charge in [0.15, 0.2) is 0 Å². The third kappa shape index (κ3) is 1.32. The van der Waals surface area contributed by atoms with Crippen LogP contribution in [-0.4, -0.2) is 30.2 Å². The van der Waals surface area contributed by atoms with E-state index in [9.17, 15) is 9.59 Å². The van der Waals surface area contributed by atoms with Crippen LogP contribution in [0, 0.1) is 0 Å². The molecule has 1 saturated heterocycles. The third-order valence-corrected chi connectivity index (χ3v) is 3.82. The van der Waals surface area contributed by atoms with Crippen molar-refractivity contribution in [1.82, 2.24) is 0 Å². The number of esters is 2. The zero-order valence-corrected chi connectivity index (χ0v) is 7.58. The van der Waals surface area contributed by atoms with Crippen LogP contribution in [0.15, 0.2) is 0 Å². The molecule has 0 N–H and O–H groups in total. The van der Waals surface area contributed by atoms with E-state index < -0.39 is 16.0 Å². The van der Waals surface area contributed by atoms with Gasteiger partial charge >= 0.3 is 11.9 Å². The summed E-state index contributed by atoms with van der Waals surface area (Å²) in [4.78, 5) is 21.9. The number of methoxy groups -OCH3 is 2. The van der Waals surface area contributed by atoms with Crippen LogP contribution in [0.3, 0.4) is 0 Å². The SMILES string of the molecule is COC(=O)C1(C(=O)OC)SS1. The van der Waals surface area contributed by atoms with Gasteiger partial charge in [-0.15, -0.1) is 0 Å². The first-order chi connectivity index (χ1) is 5.17. The van der Waals surface area contributed by atoms with E-state index in [1.54, 1.807) is 0 Å². The number of carbonyl (C=O) groups excluding carboxylic acids is 2. The van der Waals surface area contributed by atoms with Crippen LogP contribution in [0.1, 0.15) is 0 Å². The number of ether oxygens (including phenoxy) is 2. The highest BCUT2D eigenvalue weighted by molar-refractivity contribution is 8.94. The Bertz CT molecular complexity index is 181. The van der Waals surface area contributed by atoms with Crippen molar-refractivity contribution in [2.24, 2.45) is 0 Å². The maximum Gasteiger partial charge on any atom is 0.345 e. The van der Waals surface area contributed by atoms with Gasteiger partial charge in [-0.3, -0.25) is 0 Å². The molecule has 1 aliphatic rings. The highest BCUT2D eigenvalue weighted by atomic mass is 33.2. The lowest BCUT2D eigenvalue weighted by Gasteiger charge is -2.04. The van der Waals surface area contributed by atoms with Crippen LogP contribution < -0.4 is 0 Å². The zero-order chi connectivity index (χ0) is 8.48. The molecule has 0 atom stereocenters. The van der Waals surface area contributed by atoms with E-state index in [2.05, 4.69) is 9.47 Å². The Hall–Kier alpha value is -0.360. The van der Waals surface area contributed by atoms with Crippen LogP contribution in [0.5, 0.6) is 0 Å². The highest BCUT2D eigenvalue weighted by Crippen LogP contribution is 2.65. The van der Waals surface area contributed by atoms with Crippen molar-refractivity contribution in [2.45, 2.75) is 4.08 Å². The van der Waals surface area contributed by atoms with Gasteiger partial charge in [0.2, 0.25) is 0 Å². The van der Waals surface area contributed by atoms with Crippen molar-refractivity contribution < 1.29 is 19.1 Å². The maximum atomic E-state index is 10.9. The molecular formula is C5H6O4S2. The van der Waals surface area contributed by atoms with E-state index in [0.717, 1.165) is 21.6 Å². The molecule has 11 heavy (non-hydrogen) atoms. The van der Waals surface area contributed by atoms with Crippen LogP contribution in [0.2, 0.25) is 0 Å². The minimum absolute atomic E-state index is 0.556. The van der Waals surface area contributed by atoms with Gasteiger partial charge in [0.25, 0.3) is 4.08 Å². The predicted octanol–water partition coefficient (Wildman–Crippen LogP) is 0.424. The van der Waals surface area contributed by atoms with Crippen molar-refractivity contribution in [3.05, 3.63) is 0 Å². The fraction of sp³-hybridized carbons (Fsp3) is 0.600. The van der Waals surface area contributed by atoms with E-state index in [1.165, 1.54) is 14.2 Å². The molecule has 1 aliphatic heterocycles. The molecule has 0 amide bonds. The lowest BCUT2D eigenvalue weighted by Crippen LogP contribution is -2.32. The standard InChI is InChI=1S/C5H6O4S2/c1-8-3(6)5(10-11-5)4(7)9-2/h1-2H3.